The highest BCUT2D eigenvalue weighted by Crippen LogP contribution is 2.31. The fourth-order valence-electron chi connectivity index (χ4n) is 1.46. The van der Waals surface area contributed by atoms with Gasteiger partial charge in [-0.2, -0.15) is 0 Å². The lowest BCUT2D eigenvalue weighted by Crippen LogP contribution is -2.43. The Morgan fingerprint density at radius 3 is 2.35 bits per heavy atom. The summed E-state index contributed by atoms with van der Waals surface area (Å²) < 4.78 is 0. The average Bonchev–Trinajstić information content (AvgIpc) is 2.25. The lowest BCUT2D eigenvalue weighted by atomic mass is 9.76. The summed E-state index contributed by atoms with van der Waals surface area (Å²) in [5, 5.41) is 11.7. The lowest BCUT2D eigenvalue weighted by molar-refractivity contribution is -0.143. The maximum atomic E-state index is 12.0. The van der Waals surface area contributed by atoms with Crippen LogP contribution in [0.4, 0.5) is 0 Å². The van der Waals surface area contributed by atoms with Crippen molar-refractivity contribution in [1.82, 2.24) is 5.32 Å². The minimum atomic E-state index is -0.968. The molecule has 0 radical (unpaired) electrons. The number of aliphatic carboxylic acids is 1. The number of carboxylic acid groups (broad SMARTS) is 1. The van der Waals surface area contributed by atoms with Crippen LogP contribution in [0.1, 0.15) is 40.5 Å². The molecule has 0 rings (SSSR count). The van der Waals surface area contributed by atoms with E-state index in [4.69, 9.17) is 5.11 Å². The molecule has 4 nitrogen and oxygen atoms in total. The largest absolute Gasteiger partial charge is 0.481 e. The van der Waals surface area contributed by atoms with Gasteiger partial charge in [0.05, 0.1) is 12.3 Å². The van der Waals surface area contributed by atoms with E-state index >= 15 is 0 Å². The van der Waals surface area contributed by atoms with Gasteiger partial charge >= 0.3 is 5.97 Å². The highest BCUT2D eigenvalue weighted by atomic mass is 16.4. The van der Waals surface area contributed by atoms with Gasteiger partial charge in [0.25, 0.3) is 0 Å². The second-order valence-electron chi connectivity index (χ2n) is 4.99. The third kappa shape index (κ3) is 5.02. The maximum Gasteiger partial charge on any atom is 0.304 e. The van der Waals surface area contributed by atoms with Crippen molar-refractivity contribution in [3.8, 4) is 0 Å². The molecule has 0 aromatic carbocycles. The topological polar surface area (TPSA) is 66.4 Å². The van der Waals surface area contributed by atoms with E-state index < -0.39 is 17.3 Å². The third-order valence-corrected chi connectivity index (χ3v) is 3.12. The normalized spacial score (nSPS) is 14.8. The molecule has 1 amide bonds. The molecular weight excluding hydrogens is 218 g/mol. The van der Waals surface area contributed by atoms with Crippen LogP contribution in [0.3, 0.4) is 0 Å². The molecule has 0 bridgehead atoms. The van der Waals surface area contributed by atoms with Gasteiger partial charge in [0.1, 0.15) is 0 Å². The molecule has 2 N–H and O–H groups in total. The molecule has 0 aliphatic carbocycles. The molecule has 2 atom stereocenters. The van der Waals surface area contributed by atoms with Gasteiger partial charge in [-0.05, 0) is 18.8 Å². The van der Waals surface area contributed by atoms with Gasteiger partial charge in [0.2, 0.25) is 5.91 Å². The van der Waals surface area contributed by atoms with Crippen LogP contribution in [0.5, 0.6) is 0 Å². The number of hydrogen-bond acceptors (Lipinski definition) is 2. The van der Waals surface area contributed by atoms with E-state index in [0.717, 1.165) is 6.42 Å². The van der Waals surface area contributed by atoms with Crippen molar-refractivity contribution >= 4 is 11.9 Å². The fraction of sp³-hybridized carbons (Fsp3) is 0.692. The van der Waals surface area contributed by atoms with Crippen molar-refractivity contribution in [3.63, 3.8) is 0 Å². The Morgan fingerprint density at radius 2 is 2.00 bits per heavy atom. The standard InChI is InChI=1S/C13H23NO3/c1-6-9(3)14-12(17)10(8-11(15)16)13(4,5)7-2/h7,9-10H,2,6,8H2,1,3-5H3,(H,14,17)(H,15,16). The van der Waals surface area contributed by atoms with Gasteiger partial charge in [0, 0.05) is 6.04 Å². The number of hydrogen-bond donors (Lipinski definition) is 2. The first-order valence-electron chi connectivity index (χ1n) is 5.90. The second kappa shape index (κ2) is 6.42. The summed E-state index contributed by atoms with van der Waals surface area (Å²) in [6.45, 7) is 11.2. The summed E-state index contributed by atoms with van der Waals surface area (Å²) in [5.41, 5.74) is -0.532. The van der Waals surface area contributed by atoms with Crippen LogP contribution in [0, 0.1) is 11.3 Å². The second-order valence-corrected chi connectivity index (χ2v) is 4.99. The highest BCUT2D eigenvalue weighted by Gasteiger charge is 2.34. The number of allylic oxidation sites excluding steroid dienone is 1. The van der Waals surface area contributed by atoms with Gasteiger partial charge in [-0.25, -0.2) is 0 Å². The molecule has 17 heavy (non-hydrogen) atoms. The van der Waals surface area contributed by atoms with E-state index in [0.29, 0.717) is 0 Å². The van der Waals surface area contributed by atoms with E-state index in [-0.39, 0.29) is 18.4 Å². The molecule has 0 aromatic rings. The van der Waals surface area contributed by atoms with E-state index in [1.165, 1.54) is 0 Å². The lowest BCUT2D eigenvalue weighted by Gasteiger charge is -2.30. The van der Waals surface area contributed by atoms with E-state index in [1.807, 2.05) is 27.7 Å². The van der Waals surface area contributed by atoms with Gasteiger partial charge in [0.15, 0.2) is 0 Å². The van der Waals surface area contributed by atoms with Crippen LogP contribution in [-0.4, -0.2) is 23.0 Å². The summed E-state index contributed by atoms with van der Waals surface area (Å²) in [6, 6.07) is 0.0550. The Bertz CT molecular complexity index is 297. The maximum absolute atomic E-state index is 12.0. The smallest absolute Gasteiger partial charge is 0.304 e. The zero-order valence-electron chi connectivity index (χ0n) is 11.1. The molecule has 0 fully saturated rings. The molecule has 0 spiro atoms. The molecule has 2 unspecified atom stereocenters. The minimum Gasteiger partial charge on any atom is -0.481 e. The summed E-state index contributed by atoms with van der Waals surface area (Å²) in [4.78, 5) is 22.8. The summed E-state index contributed by atoms with van der Waals surface area (Å²) >= 11 is 0. The minimum absolute atomic E-state index is 0.0550. The van der Waals surface area contributed by atoms with Gasteiger partial charge < -0.3 is 10.4 Å². The quantitative estimate of drug-likeness (QED) is 0.671. The van der Waals surface area contributed by atoms with E-state index in [9.17, 15) is 9.59 Å². The summed E-state index contributed by atoms with van der Waals surface area (Å²) in [5.74, 6) is -1.78. The Kier molecular flexibility index (Phi) is 5.93. The molecule has 0 aromatic heterocycles. The number of rotatable bonds is 7. The van der Waals surface area contributed by atoms with Gasteiger partial charge in [-0.15, -0.1) is 6.58 Å². The van der Waals surface area contributed by atoms with Crippen molar-refractivity contribution in [2.45, 2.75) is 46.6 Å². The number of carboxylic acids is 1. The van der Waals surface area contributed by atoms with Crippen molar-refractivity contribution in [1.29, 1.82) is 0 Å². The SMILES string of the molecule is C=CC(C)(C)C(CC(=O)O)C(=O)NC(C)CC. The molecule has 4 heteroatoms. The molecule has 0 saturated carbocycles. The monoisotopic (exact) mass is 241 g/mol. The number of nitrogens with one attached hydrogen (secondary N) is 1. The Morgan fingerprint density at radius 1 is 1.47 bits per heavy atom. The highest BCUT2D eigenvalue weighted by molar-refractivity contribution is 5.84. The molecule has 0 heterocycles. The number of amides is 1. The zero-order valence-corrected chi connectivity index (χ0v) is 11.1. The van der Waals surface area contributed by atoms with Crippen LogP contribution >= 0.6 is 0 Å². The Balaban J connectivity index is 4.86. The van der Waals surface area contributed by atoms with Crippen LogP contribution in [-0.2, 0) is 9.59 Å². The Hall–Kier alpha value is -1.32. The average molecular weight is 241 g/mol. The first-order valence-corrected chi connectivity index (χ1v) is 5.90. The fourth-order valence-corrected chi connectivity index (χ4v) is 1.46. The predicted octanol–water partition coefficient (Wildman–Crippen LogP) is 2.20. The van der Waals surface area contributed by atoms with Crippen LogP contribution < -0.4 is 5.32 Å². The molecule has 0 aliphatic rings. The van der Waals surface area contributed by atoms with Gasteiger partial charge in [-0.1, -0.05) is 26.8 Å². The van der Waals surface area contributed by atoms with Crippen molar-refractivity contribution < 1.29 is 14.7 Å². The van der Waals surface area contributed by atoms with E-state index in [2.05, 4.69) is 11.9 Å². The van der Waals surface area contributed by atoms with Crippen molar-refractivity contribution in [3.05, 3.63) is 12.7 Å². The van der Waals surface area contributed by atoms with Crippen molar-refractivity contribution in [2.24, 2.45) is 11.3 Å². The number of carbonyl (C=O) groups excluding carboxylic acids is 1. The molecular formula is C13H23NO3. The first-order chi connectivity index (χ1) is 7.74. The van der Waals surface area contributed by atoms with Crippen LogP contribution in [0.15, 0.2) is 12.7 Å². The predicted molar refractivity (Wildman–Crippen MR) is 67.6 cm³/mol. The van der Waals surface area contributed by atoms with Crippen LogP contribution in [0.25, 0.3) is 0 Å². The molecule has 0 aliphatic heterocycles. The zero-order chi connectivity index (χ0) is 13.6. The van der Waals surface area contributed by atoms with Crippen molar-refractivity contribution in [2.75, 3.05) is 0 Å². The van der Waals surface area contributed by atoms with Gasteiger partial charge in [-0.3, -0.25) is 9.59 Å². The van der Waals surface area contributed by atoms with Crippen LogP contribution in [0.2, 0.25) is 0 Å². The first kappa shape index (κ1) is 15.7. The summed E-state index contributed by atoms with van der Waals surface area (Å²) in [7, 11) is 0. The number of carbonyl (C=O) groups is 2. The van der Waals surface area contributed by atoms with E-state index in [1.54, 1.807) is 6.08 Å². The Labute approximate surface area is 103 Å². The molecule has 98 valence electrons. The third-order valence-electron chi connectivity index (χ3n) is 3.12. The molecule has 0 saturated heterocycles. The summed E-state index contributed by atoms with van der Waals surface area (Å²) in [6.07, 6.45) is 2.28.